The third-order valence-electron chi connectivity index (χ3n) is 5.39. The summed E-state index contributed by atoms with van der Waals surface area (Å²) in [6.45, 7) is 4.17. The van der Waals surface area contributed by atoms with E-state index in [1.165, 1.54) is 16.8 Å². The van der Waals surface area contributed by atoms with Crippen molar-refractivity contribution in [3.8, 4) is 5.75 Å². The van der Waals surface area contributed by atoms with E-state index >= 15 is 0 Å². The number of β-amino-alcohol motifs (C(OH)–C–C–N with tert-alkyl or cyclic N) is 1. The van der Waals surface area contributed by atoms with E-state index in [9.17, 15) is 14.7 Å². The van der Waals surface area contributed by atoms with Crippen molar-refractivity contribution in [2.24, 2.45) is 0 Å². The second-order valence-corrected chi connectivity index (χ2v) is 8.44. The van der Waals surface area contributed by atoms with E-state index in [2.05, 4.69) is 9.88 Å². The molecule has 1 fully saturated rings. The standard InChI is InChI=1S/C24H24ClN3O4/c1-16-8-17(11-27-12-20(29)13-27)2-5-22(16)23(30)14-28-7-6-21(9-24(28)31)32-15-19-4-3-18(25)10-26-19/h2-10,20,29H,11-15H2,1H3. The molecule has 0 aliphatic carbocycles. The number of hydrogen-bond acceptors (Lipinski definition) is 6. The van der Waals surface area contributed by atoms with Gasteiger partial charge in [0.15, 0.2) is 5.78 Å². The van der Waals surface area contributed by atoms with Gasteiger partial charge in [-0.25, -0.2) is 0 Å². The molecule has 0 saturated carbocycles. The predicted octanol–water partition coefficient (Wildman–Crippen LogP) is 2.84. The van der Waals surface area contributed by atoms with E-state index in [-0.39, 0.29) is 30.6 Å². The normalized spacial score (nSPS) is 14.2. The summed E-state index contributed by atoms with van der Waals surface area (Å²) in [4.78, 5) is 31.6. The van der Waals surface area contributed by atoms with Crippen LogP contribution in [0.3, 0.4) is 0 Å². The molecule has 4 rings (SSSR count). The maximum atomic E-state index is 12.8. The molecular weight excluding hydrogens is 430 g/mol. The maximum absolute atomic E-state index is 12.8. The van der Waals surface area contributed by atoms with Crippen molar-refractivity contribution in [1.29, 1.82) is 0 Å². The SMILES string of the molecule is Cc1cc(CN2CC(O)C2)ccc1C(=O)Cn1ccc(OCc2ccc(Cl)cn2)cc1=O. The van der Waals surface area contributed by atoms with Crippen LogP contribution < -0.4 is 10.3 Å². The fourth-order valence-electron chi connectivity index (χ4n) is 3.67. The average Bonchev–Trinajstić information content (AvgIpc) is 2.74. The van der Waals surface area contributed by atoms with Crippen molar-refractivity contribution in [2.45, 2.75) is 32.7 Å². The van der Waals surface area contributed by atoms with Gasteiger partial charge >= 0.3 is 0 Å². The smallest absolute Gasteiger partial charge is 0.254 e. The molecule has 1 saturated heterocycles. The number of pyridine rings is 2. The van der Waals surface area contributed by atoms with Gasteiger partial charge in [0.05, 0.1) is 23.4 Å². The van der Waals surface area contributed by atoms with Crippen LogP contribution in [0.5, 0.6) is 5.75 Å². The molecule has 1 aliphatic rings. The lowest BCUT2D eigenvalue weighted by Gasteiger charge is -2.35. The number of rotatable bonds is 8. The van der Waals surface area contributed by atoms with Crippen LogP contribution in [-0.4, -0.2) is 44.5 Å². The quantitative estimate of drug-likeness (QED) is 0.528. The molecule has 7 nitrogen and oxygen atoms in total. The summed E-state index contributed by atoms with van der Waals surface area (Å²) in [7, 11) is 0. The third kappa shape index (κ3) is 5.43. The number of benzene rings is 1. The number of aromatic nitrogens is 2. The van der Waals surface area contributed by atoms with Crippen LogP contribution in [0.15, 0.2) is 59.7 Å². The van der Waals surface area contributed by atoms with Crippen molar-refractivity contribution in [2.75, 3.05) is 13.1 Å². The molecule has 1 N–H and O–H groups in total. The monoisotopic (exact) mass is 453 g/mol. The number of Topliss-reactive ketones (excluding diaryl/α,β-unsaturated/α-hetero) is 1. The Hall–Kier alpha value is -3.00. The summed E-state index contributed by atoms with van der Waals surface area (Å²) in [6.07, 6.45) is 2.86. The molecular formula is C24H24ClN3O4. The van der Waals surface area contributed by atoms with Crippen LogP contribution in [0, 0.1) is 6.92 Å². The molecule has 0 atom stereocenters. The molecule has 2 aromatic heterocycles. The minimum atomic E-state index is -0.314. The van der Waals surface area contributed by atoms with Crippen LogP contribution in [-0.2, 0) is 19.7 Å². The summed E-state index contributed by atoms with van der Waals surface area (Å²) >= 11 is 5.82. The molecule has 0 amide bonds. The average molecular weight is 454 g/mol. The Bertz CT molecular complexity index is 1170. The lowest BCUT2D eigenvalue weighted by atomic mass is 10.0. The summed E-state index contributed by atoms with van der Waals surface area (Å²) in [5.41, 5.74) is 2.94. The van der Waals surface area contributed by atoms with E-state index in [4.69, 9.17) is 16.3 Å². The first kappa shape index (κ1) is 22.2. The van der Waals surface area contributed by atoms with Gasteiger partial charge in [-0.05, 0) is 36.2 Å². The minimum absolute atomic E-state index is 0.0453. The number of ether oxygens (including phenoxy) is 1. The molecule has 3 aromatic rings. The van der Waals surface area contributed by atoms with Gasteiger partial charge in [0.1, 0.15) is 12.4 Å². The molecule has 32 heavy (non-hydrogen) atoms. The van der Waals surface area contributed by atoms with Gasteiger partial charge in [-0.3, -0.25) is 19.5 Å². The Kier molecular flexibility index (Phi) is 6.69. The first-order chi connectivity index (χ1) is 15.4. The van der Waals surface area contributed by atoms with Crippen LogP contribution >= 0.6 is 11.6 Å². The Morgan fingerprint density at radius 2 is 2.03 bits per heavy atom. The Morgan fingerprint density at radius 3 is 2.69 bits per heavy atom. The predicted molar refractivity (Wildman–Crippen MR) is 121 cm³/mol. The number of halogens is 1. The van der Waals surface area contributed by atoms with E-state index in [1.54, 1.807) is 24.4 Å². The Morgan fingerprint density at radius 1 is 1.22 bits per heavy atom. The zero-order chi connectivity index (χ0) is 22.7. The van der Waals surface area contributed by atoms with Crippen molar-refractivity contribution in [1.82, 2.24) is 14.5 Å². The van der Waals surface area contributed by atoms with Gasteiger partial charge < -0.3 is 14.4 Å². The van der Waals surface area contributed by atoms with Crippen molar-refractivity contribution in [3.05, 3.63) is 92.6 Å². The highest BCUT2D eigenvalue weighted by molar-refractivity contribution is 6.30. The van der Waals surface area contributed by atoms with Gasteiger partial charge in [-0.2, -0.15) is 0 Å². The second-order valence-electron chi connectivity index (χ2n) is 8.01. The van der Waals surface area contributed by atoms with Crippen LogP contribution in [0.25, 0.3) is 0 Å². The molecule has 0 spiro atoms. The van der Waals surface area contributed by atoms with Crippen molar-refractivity contribution in [3.63, 3.8) is 0 Å². The number of hydrogen-bond donors (Lipinski definition) is 1. The van der Waals surface area contributed by atoms with E-state index < -0.39 is 0 Å². The fraction of sp³-hybridized carbons (Fsp3) is 0.292. The maximum Gasteiger partial charge on any atom is 0.254 e. The largest absolute Gasteiger partial charge is 0.487 e. The van der Waals surface area contributed by atoms with Gasteiger partial charge in [0.25, 0.3) is 5.56 Å². The minimum Gasteiger partial charge on any atom is -0.487 e. The highest BCUT2D eigenvalue weighted by atomic mass is 35.5. The zero-order valence-corrected chi connectivity index (χ0v) is 18.5. The number of aliphatic hydroxyl groups is 1. The van der Waals surface area contributed by atoms with Gasteiger partial charge in [0.2, 0.25) is 0 Å². The lowest BCUT2D eigenvalue weighted by molar-refractivity contribution is -0.00286. The lowest BCUT2D eigenvalue weighted by Crippen LogP contribution is -2.49. The second kappa shape index (κ2) is 9.65. The van der Waals surface area contributed by atoms with E-state index in [0.717, 1.165) is 17.7 Å². The highest BCUT2D eigenvalue weighted by Gasteiger charge is 2.24. The number of carbonyl (C=O) groups excluding carboxylic acids is 1. The molecule has 3 heterocycles. The third-order valence-corrected chi connectivity index (χ3v) is 5.62. The van der Waals surface area contributed by atoms with Crippen molar-refractivity contribution >= 4 is 17.4 Å². The number of aryl methyl sites for hydroxylation is 1. The number of likely N-dealkylation sites (tertiary alicyclic amines) is 1. The number of ketones is 1. The number of nitrogens with zero attached hydrogens (tertiary/aromatic N) is 3. The Labute approximate surface area is 190 Å². The number of carbonyl (C=O) groups is 1. The summed E-state index contributed by atoms with van der Waals surface area (Å²) in [5.74, 6) is 0.279. The highest BCUT2D eigenvalue weighted by Crippen LogP contribution is 2.18. The summed E-state index contributed by atoms with van der Waals surface area (Å²) in [6, 6.07) is 12.2. The van der Waals surface area contributed by atoms with E-state index in [0.29, 0.717) is 35.1 Å². The first-order valence-corrected chi connectivity index (χ1v) is 10.7. The van der Waals surface area contributed by atoms with Crippen LogP contribution in [0.2, 0.25) is 5.02 Å². The van der Waals surface area contributed by atoms with E-state index in [1.807, 2.05) is 25.1 Å². The first-order valence-electron chi connectivity index (χ1n) is 10.3. The van der Waals surface area contributed by atoms with Crippen LogP contribution in [0.1, 0.15) is 27.2 Å². The van der Waals surface area contributed by atoms with Crippen molar-refractivity contribution < 1.29 is 14.6 Å². The molecule has 0 radical (unpaired) electrons. The summed E-state index contributed by atoms with van der Waals surface area (Å²) in [5, 5.41) is 9.95. The molecule has 1 aliphatic heterocycles. The Balaban J connectivity index is 1.37. The summed E-state index contributed by atoms with van der Waals surface area (Å²) < 4.78 is 6.98. The van der Waals surface area contributed by atoms with Crippen LogP contribution in [0.4, 0.5) is 0 Å². The van der Waals surface area contributed by atoms with Gasteiger partial charge in [-0.1, -0.05) is 29.8 Å². The zero-order valence-electron chi connectivity index (χ0n) is 17.7. The van der Waals surface area contributed by atoms with Gasteiger partial charge in [0, 0.05) is 43.7 Å². The molecule has 166 valence electrons. The number of aliphatic hydroxyl groups excluding tert-OH is 1. The molecule has 0 unspecified atom stereocenters. The molecule has 8 heteroatoms. The molecule has 1 aromatic carbocycles. The molecule has 0 bridgehead atoms. The fourth-order valence-corrected chi connectivity index (χ4v) is 3.78. The topological polar surface area (TPSA) is 84.7 Å². The van der Waals surface area contributed by atoms with Gasteiger partial charge in [-0.15, -0.1) is 0 Å².